The number of amides is 2. The van der Waals surface area contributed by atoms with Gasteiger partial charge in [-0.15, -0.1) is 12.4 Å². The summed E-state index contributed by atoms with van der Waals surface area (Å²) in [6, 6.07) is -0.147. The van der Waals surface area contributed by atoms with Crippen molar-refractivity contribution in [3.8, 4) is 0 Å². The molecule has 5 nitrogen and oxygen atoms in total. The van der Waals surface area contributed by atoms with Crippen LogP contribution in [0.1, 0.15) is 39.0 Å². The summed E-state index contributed by atoms with van der Waals surface area (Å²) in [5, 5.41) is 0. The van der Waals surface area contributed by atoms with Crippen LogP contribution in [0.15, 0.2) is 0 Å². The SMILES string of the molecule is CCN(CC(F)(F)F)C(=O)C1CCCN(C(=O)C2CCCC2N)C1.Cl. The molecule has 1 saturated heterocycles. The molecule has 1 aliphatic heterocycles. The summed E-state index contributed by atoms with van der Waals surface area (Å²) < 4.78 is 37.8. The van der Waals surface area contributed by atoms with Gasteiger partial charge in [-0.25, -0.2) is 0 Å². The lowest BCUT2D eigenvalue weighted by atomic mass is 9.94. The molecule has 2 N–H and O–H groups in total. The quantitative estimate of drug-likeness (QED) is 0.806. The van der Waals surface area contributed by atoms with Crippen molar-refractivity contribution in [2.75, 3.05) is 26.2 Å². The Morgan fingerprint density at radius 3 is 2.40 bits per heavy atom. The molecule has 0 bridgehead atoms. The van der Waals surface area contributed by atoms with Gasteiger partial charge in [-0.1, -0.05) is 6.42 Å². The van der Waals surface area contributed by atoms with Crippen LogP contribution >= 0.6 is 12.4 Å². The van der Waals surface area contributed by atoms with Gasteiger partial charge in [0.1, 0.15) is 6.54 Å². The van der Waals surface area contributed by atoms with E-state index >= 15 is 0 Å². The van der Waals surface area contributed by atoms with Crippen LogP contribution in [0, 0.1) is 11.8 Å². The van der Waals surface area contributed by atoms with Gasteiger partial charge in [-0.05, 0) is 32.6 Å². The number of alkyl halides is 3. The first-order valence-electron chi connectivity index (χ1n) is 8.62. The Kier molecular flexibility index (Phi) is 7.99. The van der Waals surface area contributed by atoms with Gasteiger partial charge in [-0.2, -0.15) is 13.2 Å². The van der Waals surface area contributed by atoms with Crippen LogP contribution in [0.2, 0.25) is 0 Å². The molecule has 1 aliphatic carbocycles. The van der Waals surface area contributed by atoms with Crippen LogP contribution in [-0.4, -0.2) is 60.0 Å². The van der Waals surface area contributed by atoms with Crippen molar-refractivity contribution in [2.24, 2.45) is 17.6 Å². The molecule has 2 aliphatic rings. The number of carbonyl (C=O) groups excluding carboxylic acids is 2. The number of rotatable bonds is 4. The van der Waals surface area contributed by atoms with Crippen LogP contribution in [-0.2, 0) is 9.59 Å². The Morgan fingerprint density at radius 1 is 1.20 bits per heavy atom. The third-order valence-corrected chi connectivity index (χ3v) is 5.03. The fourth-order valence-electron chi connectivity index (χ4n) is 3.73. The Hall–Kier alpha value is -1.02. The van der Waals surface area contributed by atoms with Gasteiger partial charge >= 0.3 is 6.18 Å². The predicted octanol–water partition coefficient (Wildman–Crippen LogP) is 2.19. The molecule has 25 heavy (non-hydrogen) atoms. The van der Waals surface area contributed by atoms with Crippen LogP contribution in [0.3, 0.4) is 0 Å². The van der Waals surface area contributed by atoms with Crippen LogP contribution in [0.25, 0.3) is 0 Å². The molecule has 2 rings (SSSR count). The lowest BCUT2D eigenvalue weighted by Crippen LogP contribution is -2.51. The molecule has 1 saturated carbocycles. The zero-order valence-corrected chi connectivity index (χ0v) is 15.2. The number of nitrogens with two attached hydrogens (primary N) is 1. The second-order valence-electron chi connectivity index (χ2n) is 6.79. The minimum atomic E-state index is -4.41. The molecule has 3 atom stereocenters. The third-order valence-electron chi connectivity index (χ3n) is 5.03. The highest BCUT2D eigenvalue weighted by Crippen LogP contribution is 2.29. The maximum absolute atomic E-state index is 12.6. The second-order valence-corrected chi connectivity index (χ2v) is 6.79. The van der Waals surface area contributed by atoms with Crippen molar-refractivity contribution in [1.29, 1.82) is 0 Å². The molecule has 2 fully saturated rings. The maximum Gasteiger partial charge on any atom is 0.406 e. The lowest BCUT2D eigenvalue weighted by Gasteiger charge is -2.36. The molecule has 2 amide bonds. The molecule has 146 valence electrons. The maximum atomic E-state index is 12.6. The van der Waals surface area contributed by atoms with Gasteiger partial charge < -0.3 is 15.5 Å². The van der Waals surface area contributed by atoms with E-state index in [0.717, 1.165) is 24.2 Å². The topological polar surface area (TPSA) is 66.6 Å². The Balaban J connectivity index is 0.00000312. The molecule has 1 heterocycles. The number of hydrogen-bond donors (Lipinski definition) is 1. The fraction of sp³-hybridized carbons (Fsp3) is 0.875. The average Bonchev–Trinajstić information content (AvgIpc) is 2.96. The van der Waals surface area contributed by atoms with E-state index in [9.17, 15) is 22.8 Å². The van der Waals surface area contributed by atoms with Gasteiger partial charge in [0.2, 0.25) is 11.8 Å². The highest BCUT2D eigenvalue weighted by molar-refractivity contribution is 5.85. The molecule has 0 spiro atoms. The Morgan fingerprint density at radius 2 is 1.88 bits per heavy atom. The van der Waals surface area contributed by atoms with Gasteiger partial charge in [0.15, 0.2) is 0 Å². The summed E-state index contributed by atoms with van der Waals surface area (Å²) in [5.74, 6) is -1.32. The third kappa shape index (κ3) is 5.74. The van der Waals surface area contributed by atoms with Gasteiger partial charge in [0.05, 0.1) is 11.8 Å². The van der Waals surface area contributed by atoms with Gasteiger partial charge in [0, 0.05) is 25.7 Å². The van der Waals surface area contributed by atoms with Crippen molar-refractivity contribution in [3.63, 3.8) is 0 Å². The molecule has 0 aromatic heterocycles. The summed E-state index contributed by atoms with van der Waals surface area (Å²) in [7, 11) is 0. The zero-order chi connectivity index (χ0) is 17.9. The van der Waals surface area contributed by atoms with E-state index in [1.54, 1.807) is 4.90 Å². The largest absolute Gasteiger partial charge is 0.406 e. The van der Waals surface area contributed by atoms with E-state index in [2.05, 4.69) is 0 Å². The summed E-state index contributed by atoms with van der Waals surface area (Å²) in [4.78, 5) is 27.5. The first-order chi connectivity index (χ1) is 11.2. The molecule has 9 heteroatoms. The van der Waals surface area contributed by atoms with E-state index in [1.807, 2.05) is 0 Å². The number of nitrogens with zero attached hydrogens (tertiary/aromatic N) is 2. The number of piperidine rings is 1. The summed E-state index contributed by atoms with van der Waals surface area (Å²) >= 11 is 0. The van der Waals surface area contributed by atoms with Crippen LogP contribution < -0.4 is 5.73 Å². The summed E-state index contributed by atoms with van der Waals surface area (Å²) in [6.07, 6.45) is -0.761. The monoisotopic (exact) mass is 385 g/mol. The Bertz CT molecular complexity index is 476. The van der Waals surface area contributed by atoms with Crippen LogP contribution in [0.5, 0.6) is 0 Å². The average molecular weight is 386 g/mol. The first-order valence-corrected chi connectivity index (χ1v) is 8.62. The van der Waals surface area contributed by atoms with E-state index in [4.69, 9.17) is 5.73 Å². The number of halogens is 4. The van der Waals surface area contributed by atoms with E-state index in [-0.39, 0.29) is 43.4 Å². The van der Waals surface area contributed by atoms with Crippen molar-refractivity contribution in [3.05, 3.63) is 0 Å². The minimum Gasteiger partial charge on any atom is -0.342 e. The van der Waals surface area contributed by atoms with Crippen molar-refractivity contribution in [1.82, 2.24) is 9.80 Å². The number of carbonyl (C=O) groups is 2. The van der Waals surface area contributed by atoms with E-state index in [1.165, 1.54) is 6.92 Å². The molecule has 0 radical (unpaired) electrons. The second kappa shape index (κ2) is 9.07. The first kappa shape index (κ1) is 22.0. The number of hydrogen-bond acceptors (Lipinski definition) is 3. The Labute approximate surface area is 152 Å². The molecule has 3 unspecified atom stereocenters. The highest BCUT2D eigenvalue weighted by atomic mass is 35.5. The van der Waals surface area contributed by atoms with Crippen LogP contribution in [0.4, 0.5) is 13.2 Å². The highest BCUT2D eigenvalue weighted by Gasteiger charge is 2.39. The van der Waals surface area contributed by atoms with Gasteiger partial charge in [0.25, 0.3) is 0 Å². The van der Waals surface area contributed by atoms with Crippen molar-refractivity contribution >= 4 is 24.2 Å². The van der Waals surface area contributed by atoms with Crippen molar-refractivity contribution < 1.29 is 22.8 Å². The standard InChI is InChI=1S/C16H26F3N3O2.ClH/c1-2-21(10-16(17,18)19)14(23)11-5-4-8-22(9-11)15(24)12-6-3-7-13(12)20;/h11-13H,2-10,20H2,1H3;1H. The fourth-order valence-corrected chi connectivity index (χ4v) is 3.73. The molecule has 0 aromatic carbocycles. The zero-order valence-electron chi connectivity index (χ0n) is 14.4. The van der Waals surface area contributed by atoms with Crippen molar-refractivity contribution in [2.45, 2.75) is 51.2 Å². The van der Waals surface area contributed by atoms with Gasteiger partial charge in [-0.3, -0.25) is 9.59 Å². The molecular formula is C16H27ClF3N3O2. The predicted molar refractivity (Wildman–Crippen MR) is 90.2 cm³/mol. The number of likely N-dealkylation sites (tertiary alicyclic amines) is 1. The normalized spacial score (nSPS) is 26.9. The smallest absolute Gasteiger partial charge is 0.342 e. The minimum absolute atomic E-state index is 0. The molecule has 0 aromatic rings. The summed E-state index contributed by atoms with van der Waals surface area (Å²) in [5.41, 5.74) is 5.97. The van der Waals surface area contributed by atoms with E-state index < -0.39 is 24.5 Å². The molecular weight excluding hydrogens is 359 g/mol. The lowest BCUT2D eigenvalue weighted by molar-refractivity contribution is -0.165. The van der Waals surface area contributed by atoms with E-state index in [0.29, 0.717) is 19.4 Å². The summed E-state index contributed by atoms with van der Waals surface area (Å²) in [6.45, 7) is 1.07.